The van der Waals surface area contributed by atoms with Crippen molar-refractivity contribution in [2.24, 2.45) is 10.7 Å². The molecule has 1 aliphatic carbocycles. The first-order valence-electron chi connectivity index (χ1n) is 5.53. The smallest absolute Gasteiger partial charge is 0.242 e. The zero-order valence-electron chi connectivity index (χ0n) is 9.64. The van der Waals surface area contributed by atoms with Crippen molar-refractivity contribution >= 4 is 33.1 Å². The molecule has 0 atom stereocenters. The highest BCUT2D eigenvalue weighted by atomic mass is 35.5. The molecule has 18 heavy (non-hydrogen) atoms. The number of benzene rings is 1. The largest absolute Gasteiger partial charge is 0.386 e. The maximum atomic E-state index is 12.1. The summed E-state index contributed by atoms with van der Waals surface area (Å²) in [4.78, 5) is 4.14. The molecule has 0 saturated heterocycles. The molecule has 0 heterocycles. The summed E-state index contributed by atoms with van der Waals surface area (Å²) >= 11 is 5.54. The van der Waals surface area contributed by atoms with Crippen LogP contribution in [-0.2, 0) is 10.0 Å². The minimum atomic E-state index is -3.54. The van der Waals surface area contributed by atoms with E-state index in [1.165, 1.54) is 6.07 Å². The van der Waals surface area contributed by atoms with Crippen LogP contribution in [0.3, 0.4) is 0 Å². The molecule has 0 unspecified atom stereocenters. The van der Waals surface area contributed by atoms with Crippen LogP contribution in [0.15, 0.2) is 34.2 Å². The van der Waals surface area contributed by atoms with Crippen molar-refractivity contribution in [3.05, 3.63) is 24.3 Å². The third kappa shape index (κ3) is 3.22. The summed E-state index contributed by atoms with van der Waals surface area (Å²) in [6.45, 7) is 0. The van der Waals surface area contributed by atoms with Crippen LogP contribution in [0.25, 0.3) is 0 Å². The highest BCUT2D eigenvalue weighted by molar-refractivity contribution is 7.89. The Kier molecular flexibility index (Phi) is 3.89. The summed E-state index contributed by atoms with van der Waals surface area (Å²) in [6.07, 6.45) is 1.77. The molecule has 0 aliphatic heterocycles. The van der Waals surface area contributed by atoms with Gasteiger partial charge in [0.1, 0.15) is 10.7 Å². The topological polar surface area (TPSA) is 84.5 Å². The molecule has 3 N–H and O–H groups in total. The molecule has 1 aliphatic rings. The third-order valence-corrected chi connectivity index (χ3v) is 4.30. The van der Waals surface area contributed by atoms with E-state index in [9.17, 15) is 8.42 Å². The standard InChI is InChI=1S/C11H14ClN3O2S/c12-7-11(13)14-9-3-1-2-4-10(9)18(16,17)15-8-5-6-8/h1-4,8,15H,5-7H2,(H2,13,14). The van der Waals surface area contributed by atoms with Crippen molar-refractivity contribution in [1.82, 2.24) is 4.72 Å². The number of aliphatic imine (C=N–C) groups is 1. The lowest BCUT2D eigenvalue weighted by atomic mass is 10.3. The Morgan fingerprint density at radius 3 is 2.72 bits per heavy atom. The van der Waals surface area contributed by atoms with Crippen molar-refractivity contribution in [3.8, 4) is 0 Å². The first-order chi connectivity index (χ1) is 8.53. The summed E-state index contributed by atoms with van der Waals surface area (Å²) in [5.74, 6) is 0.246. The van der Waals surface area contributed by atoms with E-state index >= 15 is 0 Å². The number of amidine groups is 1. The first-order valence-corrected chi connectivity index (χ1v) is 7.55. The van der Waals surface area contributed by atoms with Crippen molar-refractivity contribution in [3.63, 3.8) is 0 Å². The fraction of sp³-hybridized carbons (Fsp3) is 0.364. The second-order valence-corrected chi connectivity index (χ2v) is 6.05. The number of sulfonamides is 1. The minimum absolute atomic E-state index is 0.0532. The van der Waals surface area contributed by atoms with E-state index in [0.717, 1.165) is 12.8 Å². The molecule has 0 radical (unpaired) electrons. The first kappa shape index (κ1) is 13.3. The molecule has 0 bridgehead atoms. The highest BCUT2D eigenvalue weighted by Gasteiger charge is 2.29. The van der Waals surface area contributed by atoms with E-state index in [1.807, 2.05) is 0 Å². The molecule has 98 valence electrons. The number of para-hydroxylation sites is 1. The van der Waals surface area contributed by atoms with E-state index in [1.54, 1.807) is 18.2 Å². The highest BCUT2D eigenvalue weighted by Crippen LogP contribution is 2.27. The van der Waals surface area contributed by atoms with Crippen LogP contribution in [-0.4, -0.2) is 26.2 Å². The zero-order valence-corrected chi connectivity index (χ0v) is 11.2. The molecule has 7 heteroatoms. The lowest BCUT2D eigenvalue weighted by Crippen LogP contribution is -2.26. The van der Waals surface area contributed by atoms with Crippen LogP contribution >= 0.6 is 11.6 Å². The van der Waals surface area contributed by atoms with Crippen molar-refractivity contribution in [2.75, 3.05) is 5.88 Å². The maximum absolute atomic E-state index is 12.1. The molecule has 1 fully saturated rings. The van der Waals surface area contributed by atoms with Gasteiger partial charge in [-0.2, -0.15) is 0 Å². The quantitative estimate of drug-likeness (QED) is 0.487. The average molecular weight is 288 g/mol. The van der Waals surface area contributed by atoms with Gasteiger partial charge in [-0.15, -0.1) is 11.6 Å². The summed E-state index contributed by atoms with van der Waals surface area (Å²) in [5, 5.41) is 0. The van der Waals surface area contributed by atoms with Gasteiger partial charge in [-0.3, -0.25) is 0 Å². The number of halogens is 1. The molecule has 5 nitrogen and oxygen atoms in total. The number of nitrogens with one attached hydrogen (secondary N) is 1. The molecule has 1 aromatic rings. The molecule has 1 aromatic carbocycles. The lowest BCUT2D eigenvalue weighted by Gasteiger charge is -2.08. The van der Waals surface area contributed by atoms with Crippen LogP contribution in [0, 0.1) is 0 Å². The maximum Gasteiger partial charge on any atom is 0.242 e. The Morgan fingerprint density at radius 1 is 1.44 bits per heavy atom. The summed E-state index contributed by atoms with van der Waals surface area (Å²) < 4.78 is 26.8. The van der Waals surface area contributed by atoms with Crippen molar-refractivity contribution in [2.45, 2.75) is 23.8 Å². The van der Waals surface area contributed by atoms with Gasteiger partial charge >= 0.3 is 0 Å². The number of nitrogens with zero attached hydrogens (tertiary/aromatic N) is 1. The SMILES string of the molecule is NC(CCl)=Nc1ccccc1S(=O)(=O)NC1CC1. The second kappa shape index (κ2) is 5.26. The van der Waals surface area contributed by atoms with Gasteiger partial charge in [0.25, 0.3) is 0 Å². The van der Waals surface area contributed by atoms with E-state index in [0.29, 0.717) is 5.69 Å². The number of hydrogen-bond donors (Lipinski definition) is 2. The molecule has 1 saturated carbocycles. The predicted octanol–water partition coefficient (Wildman–Crippen LogP) is 1.35. The third-order valence-electron chi connectivity index (χ3n) is 2.45. The second-order valence-electron chi connectivity index (χ2n) is 4.10. The predicted molar refractivity (Wildman–Crippen MR) is 71.8 cm³/mol. The number of nitrogens with two attached hydrogens (primary N) is 1. The Morgan fingerprint density at radius 2 is 2.11 bits per heavy atom. The molecule has 0 spiro atoms. The fourth-order valence-electron chi connectivity index (χ4n) is 1.45. The van der Waals surface area contributed by atoms with E-state index in [2.05, 4.69) is 9.71 Å². The van der Waals surface area contributed by atoms with Gasteiger partial charge in [-0.25, -0.2) is 18.1 Å². The Balaban J connectivity index is 2.37. The molecule has 2 rings (SSSR count). The zero-order chi connectivity index (χ0) is 13.2. The van der Waals surface area contributed by atoms with Gasteiger partial charge in [-0.1, -0.05) is 12.1 Å². The molecule has 0 amide bonds. The van der Waals surface area contributed by atoms with Crippen LogP contribution in [0.5, 0.6) is 0 Å². The molecule has 0 aromatic heterocycles. The monoisotopic (exact) mass is 287 g/mol. The summed E-state index contributed by atoms with van der Waals surface area (Å²) in [6, 6.07) is 6.51. The average Bonchev–Trinajstić information content (AvgIpc) is 3.12. The minimum Gasteiger partial charge on any atom is -0.386 e. The van der Waals surface area contributed by atoms with Gasteiger partial charge in [-0.05, 0) is 25.0 Å². The summed E-state index contributed by atoms with van der Waals surface area (Å²) in [7, 11) is -3.54. The molecular formula is C11H14ClN3O2S. The van der Waals surface area contributed by atoms with Gasteiger partial charge < -0.3 is 5.73 Å². The fourth-order valence-corrected chi connectivity index (χ4v) is 2.95. The number of alkyl halides is 1. The normalized spacial score (nSPS) is 16.8. The van der Waals surface area contributed by atoms with Crippen LogP contribution in [0.2, 0.25) is 0 Å². The van der Waals surface area contributed by atoms with Gasteiger partial charge in [0.15, 0.2) is 0 Å². The van der Waals surface area contributed by atoms with Gasteiger partial charge in [0, 0.05) is 6.04 Å². The Labute approximate surface area is 111 Å². The van der Waals surface area contributed by atoms with Crippen LogP contribution in [0.1, 0.15) is 12.8 Å². The molecular weight excluding hydrogens is 274 g/mol. The number of hydrogen-bond acceptors (Lipinski definition) is 3. The van der Waals surface area contributed by atoms with E-state index in [4.69, 9.17) is 17.3 Å². The lowest BCUT2D eigenvalue weighted by molar-refractivity contribution is 0.581. The van der Waals surface area contributed by atoms with Crippen molar-refractivity contribution in [1.29, 1.82) is 0 Å². The Bertz CT molecular complexity index is 567. The van der Waals surface area contributed by atoms with Crippen LogP contribution in [0.4, 0.5) is 5.69 Å². The van der Waals surface area contributed by atoms with E-state index in [-0.39, 0.29) is 22.7 Å². The summed E-state index contributed by atoms with van der Waals surface area (Å²) in [5.41, 5.74) is 5.84. The van der Waals surface area contributed by atoms with E-state index < -0.39 is 10.0 Å². The van der Waals surface area contributed by atoms with Crippen molar-refractivity contribution < 1.29 is 8.42 Å². The van der Waals surface area contributed by atoms with Crippen LogP contribution < -0.4 is 10.5 Å². The van der Waals surface area contributed by atoms with Gasteiger partial charge in [0.2, 0.25) is 10.0 Å². The number of rotatable bonds is 5. The van der Waals surface area contributed by atoms with Gasteiger partial charge in [0.05, 0.1) is 11.6 Å². The Hall–Kier alpha value is -1.11.